The van der Waals surface area contributed by atoms with E-state index in [2.05, 4.69) is 30.2 Å². The highest BCUT2D eigenvalue weighted by Crippen LogP contribution is 2.08. The summed E-state index contributed by atoms with van der Waals surface area (Å²) in [5, 5.41) is 3.33. The third-order valence-corrected chi connectivity index (χ3v) is 1.86. The zero-order chi connectivity index (χ0) is 8.97. The monoisotopic (exact) mass is 164 g/mol. The molecule has 1 aromatic rings. The van der Waals surface area contributed by atoms with Crippen LogP contribution in [0.15, 0.2) is 18.2 Å². The summed E-state index contributed by atoms with van der Waals surface area (Å²) in [6, 6.07) is 6.48. The molecule has 1 heterocycles. The first kappa shape index (κ1) is 9.20. The Labute approximate surface area is 74.0 Å². The quantitative estimate of drug-likeness (QED) is 0.739. The van der Waals surface area contributed by atoms with Gasteiger partial charge in [0.25, 0.3) is 0 Å². The van der Waals surface area contributed by atoms with Gasteiger partial charge in [0.15, 0.2) is 0 Å². The molecule has 0 fully saturated rings. The van der Waals surface area contributed by atoms with Gasteiger partial charge in [0.05, 0.1) is 5.69 Å². The maximum atomic E-state index is 4.43. The van der Waals surface area contributed by atoms with E-state index in [1.807, 2.05) is 19.1 Å². The highest BCUT2D eigenvalue weighted by Gasteiger charge is 2.03. The molecule has 2 nitrogen and oxygen atoms in total. The molecule has 2 heteroatoms. The molecule has 0 aromatic carbocycles. The van der Waals surface area contributed by atoms with Crippen molar-refractivity contribution < 1.29 is 0 Å². The highest BCUT2D eigenvalue weighted by molar-refractivity contribution is 5.12. The van der Waals surface area contributed by atoms with Gasteiger partial charge in [0.1, 0.15) is 0 Å². The Morgan fingerprint density at radius 1 is 1.50 bits per heavy atom. The lowest BCUT2D eigenvalue weighted by Crippen LogP contribution is -2.18. The van der Waals surface area contributed by atoms with Crippen LogP contribution in [0.25, 0.3) is 0 Å². The second-order valence-corrected chi connectivity index (χ2v) is 2.98. The van der Waals surface area contributed by atoms with Gasteiger partial charge in [0, 0.05) is 11.7 Å². The third kappa shape index (κ3) is 2.31. The number of hydrogen-bond acceptors (Lipinski definition) is 2. The Morgan fingerprint density at radius 2 is 2.25 bits per heavy atom. The summed E-state index contributed by atoms with van der Waals surface area (Å²) >= 11 is 0. The second kappa shape index (κ2) is 4.21. The molecule has 1 rings (SSSR count). The molecule has 12 heavy (non-hydrogen) atoms. The Hall–Kier alpha value is -0.890. The van der Waals surface area contributed by atoms with Crippen LogP contribution in [0.3, 0.4) is 0 Å². The average Bonchev–Trinajstić information content (AvgIpc) is 2.05. The average molecular weight is 164 g/mol. The van der Waals surface area contributed by atoms with E-state index < -0.39 is 0 Å². The van der Waals surface area contributed by atoms with Crippen molar-refractivity contribution in [3.8, 4) is 0 Å². The maximum Gasteiger partial charge on any atom is 0.0573 e. The zero-order valence-corrected chi connectivity index (χ0v) is 7.96. The van der Waals surface area contributed by atoms with E-state index in [0.717, 1.165) is 17.9 Å². The molecule has 0 aliphatic heterocycles. The Balaban J connectivity index is 2.73. The fraction of sp³-hybridized carbons (Fsp3) is 0.500. The van der Waals surface area contributed by atoms with Crippen LogP contribution < -0.4 is 5.32 Å². The summed E-state index contributed by atoms with van der Waals surface area (Å²) < 4.78 is 0. The molecule has 0 saturated carbocycles. The summed E-state index contributed by atoms with van der Waals surface area (Å²) in [6.07, 6.45) is 0. The van der Waals surface area contributed by atoms with E-state index in [0.29, 0.717) is 6.04 Å². The molecular formula is C10H16N2. The Bertz CT molecular complexity index is 245. The smallest absolute Gasteiger partial charge is 0.0573 e. The van der Waals surface area contributed by atoms with Gasteiger partial charge < -0.3 is 5.32 Å². The SMILES string of the molecule is CCNC(C)c1cccc(C)n1. The standard InChI is InChI=1S/C10H16N2/c1-4-11-9(3)10-7-5-6-8(2)12-10/h5-7,9,11H,4H2,1-3H3. The van der Waals surface area contributed by atoms with E-state index in [-0.39, 0.29) is 0 Å². The van der Waals surface area contributed by atoms with Gasteiger partial charge in [-0.25, -0.2) is 0 Å². The van der Waals surface area contributed by atoms with Crippen LogP contribution in [0.2, 0.25) is 0 Å². The third-order valence-electron chi connectivity index (χ3n) is 1.86. The molecule has 0 bridgehead atoms. The van der Waals surface area contributed by atoms with Crippen molar-refractivity contribution >= 4 is 0 Å². The molecule has 0 radical (unpaired) electrons. The van der Waals surface area contributed by atoms with Crippen molar-refractivity contribution in [2.75, 3.05) is 6.54 Å². The molecule has 66 valence electrons. The number of aromatic nitrogens is 1. The molecule has 0 amide bonds. The minimum atomic E-state index is 0.356. The van der Waals surface area contributed by atoms with Gasteiger partial charge in [-0.05, 0) is 32.5 Å². The lowest BCUT2D eigenvalue weighted by molar-refractivity contribution is 0.582. The summed E-state index contributed by atoms with van der Waals surface area (Å²) in [5.74, 6) is 0. The second-order valence-electron chi connectivity index (χ2n) is 2.98. The molecular weight excluding hydrogens is 148 g/mol. The van der Waals surface area contributed by atoms with Gasteiger partial charge in [-0.15, -0.1) is 0 Å². The van der Waals surface area contributed by atoms with Crippen LogP contribution in [-0.4, -0.2) is 11.5 Å². The Morgan fingerprint density at radius 3 is 2.83 bits per heavy atom. The van der Waals surface area contributed by atoms with Gasteiger partial charge in [0.2, 0.25) is 0 Å². The highest BCUT2D eigenvalue weighted by atomic mass is 14.9. The van der Waals surface area contributed by atoms with E-state index >= 15 is 0 Å². The fourth-order valence-corrected chi connectivity index (χ4v) is 1.22. The Kier molecular flexibility index (Phi) is 3.23. The molecule has 0 spiro atoms. The van der Waals surface area contributed by atoms with Crippen LogP contribution in [0, 0.1) is 6.92 Å². The molecule has 1 atom stereocenters. The van der Waals surface area contributed by atoms with Crippen molar-refractivity contribution in [1.29, 1.82) is 0 Å². The van der Waals surface area contributed by atoms with Crippen molar-refractivity contribution in [2.45, 2.75) is 26.8 Å². The number of rotatable bonds is 3. The van der Waals surface area contributed by atoms with Gasteiger partial charge in [-0.1, -0.05) is 13.0 Å². The largest absolute Gasteiger partial charge is 0.309 e. The molecule has 1 unspecified atom stereocenters. The van der Waals surface area contributed by atoms with Crippen LogP contribution in [0.1, 0.15) is 31.3 Å². The van der Waals surface area contributed by atoms with Crippen LogP contribution in [-0.2, 0) is 0 Å². The molecule has 1 N–H and O–H groups in total. The van der Waals surface area contributed by atoms with Gasteiger partial charge in [-0.3, -0.25) is 4.98 Å². The van der Waals surface area contributed by atoms with E-state index in [1.54, 1.807) is 0 Å². The molecule has 0 aliphatic rings. The molecule has 1 aromatic heterocycles. The first-order valence-corrected chi connectivity index (χ1v) is 4.41. The first-order valence-electron chi connectivity index (χ1n) is 4.41. The van der Waals surface area contributed by atoms with Crippen molar-refractivity contribution in [3.05, 3.63) is 29.6 Å². The van der Waals surface area contributed by atoms with Crippen molar-refractivity contribution in [3.63, 3.8) is 0 Å². The number of hydrogen-bond donors (Lipinski definition) is 1. The van der Waals surface area contributed by atoms with Gasteiger partial charge >= 0.3 is 0 Å². The van der Waals surface area contributed by atoms with E-state index in [4.69, 9.17) is 0 Å². The number of aryl methyl sites for hydroxylation is 1. The molecule has 0 saturated heterocycles. The van der Waals surface area contributed by atoms with Crippen LogP contribution >= 0.6 is 0 Å². The van der Waals surface area contributed by atoms with Crippen molar-refractivity contribution in [2.24, 2.45) is 0 Å². The summed E-state index contributed by atoms with van der Waals surface area (Å²) in [6.45, 7) is 7.23. The lowest BCUT2D eigenvalue weighted by atomic mass is 10.2. The van der Waals surface area contributed by atoms with E-state index in [1.165, 1.54) is 0 Å². The predicted octanol–water partition coefficient (Wildman–Crippen LogP) is 2.06. The summed E-state index contributed by atoms with van der Waals surface area (Å²) in [7, 11) is 0. The topological polar surface area (TPSA) is 24.9 Å². The first-order chi connectivity index (χ1) is 5.74. The maximum absolute atomic E-state index is 4.43. The zero-order valence-electron chi connectivity index (χ0n) is 7.96. The number of nitrogens with one attached hydrogen (secondary N) is 1. The van der Waals surface area contributed by atoms with Crippen LogP contribution in [0.5, 0.6) is 0 Å². The predicted molar refractivity (Wildman–Crippen MR) is 51.1 cm³/mol. The number of nitrogens with zero attached hydrogens (tertiary/aromatic N) is 1. The molecule has 0 aliphatic carbocycles. The normalized spacial score (nSPS) is 12.9. The lowest BCUT2D eigenvalue weighted by Gasteiger charge is -2.11. The van der Waals surface area contributed by atoms with Gasteiger partial charge in [-0.2, -0.15) is 0 Å². The number of pyridine rings is 1. The van der Waals surface area contributed by atoms with Crippen LogP contribution in [0.4, 0.5) is 0 Å². The minimum absolute atomic E-state index is 0.356. The minimum Gasteiger partial charge on any atom is -0.309 e. The summed E-state index contributed by atoms with van der Waals surface area (Å²) in [5.41, 5.74) is 2.20. The summed E-state index contributed by atoms with van der Waals surface area (Å²) in [4.78, 5) is 4.43. The van der Waals surface area contributed by atoms with E-state index in [9.17, 15) is 0 Å². The fourth-order valence-electron chi connectivity index (χ4n) is 1.22. The van der Waals surface area contributed by atoms with Crippen molar-refractivity contribution in [1.82, 2.24) is 10.3 Å².